The van der Waals surface area contributed by atoms with Gasteiger partial charge >= 0.3 is 5.97 Å². The summed E-state index contributed by atoms with van der Waals surface area (Å²) in [6.07, 6.45) is 1.64. The number of aryl methyl sites for hydroxylation is 1. The van der Waals surface area contributed by atoms with E-state index in [2.05, 4.69) is 15.5 Å². The zero-order valence-corrected chi connectivity index (χ0v) is 9.84. The maximum atomic E-state index is 10.9. The standard InChI is InChI=1S/C10H18N4O2/c1-4-14-6-12-13-8(14)5-11-9(7(2)3)10(15)16/h6-7,9,11H,4-5H2,1-3H3,(H,15,16). The van der Waals surface area contributed by atoms with E-state index in [1.165, 1.54) is 0 Å². The highest BCUT2D eigenvalue weighted by atomic mass is 16.4. The quantitative estimate of drug-likeness (QED) is 0.738. The molecule has 0 fully saturated rings. The van der Waals surface area contributed by atoms with Crippen LogP contribution in [0.25, 0.3) is 0 Å². The Balaban J connectivity index is 2.59. The van der Waals surface area contributed by atoms with Crippen molar-refractivity contribution in [1.82, 2.24) is 20.1 Å². The van der Waals surface area contributed by atoms with Gasteiger partial charge in [-0.3, -0.25) is 10.1 Å². The summed E-state index contributed by atoms with van der Waals surface area (Å²) in [5.41, 5.74) is 0. The minimum absolute atomic E-state index is 0.0375. The topological polar surface area (TPSA) is 80.0 Å². The molecule has 0 aliphatic carbocycles. The van der Waals surface area contributed by atoms with E-state index in [9.17, 15) is 4.79 Å². The third-order valence-corrected chi connectivity index (χ3v) is 2.45. The molecule has 16 heavy (non-hydrogen) atoms. The molecular formula is C10H18N4O2. The van der Waals surface area contributed by atoms with Crippen LogP contribution in [0, 0.1) is 5.92 Å². The second kappa shape index (κ2) is 5.60. The van der Waals surface area contributed by atoms with E-state index < -0.39 is 12.0 Å². The van der Waals surface area contributed by atoms with Crippen LogP contribution in [0.5, 0.6) is 0 Å². The average Bonchev–Trinajstić information content (AvgIpc) is 2.64. The Morgan fingerprint density at radius 3 is 2.81 bits per heavy atom. The molecule has 1 rings (SSSR count). The van der Waals surface area contributed by atoms with Crippen LogP contribution >= 0.6 is 0 Å². The van der Waals surface area contributed by atoms with Crippen molar-refractivity contribution in [3.05, 3.63) is 12.2 Å². The van der Waals surface area contributed by atoms with E-state index >= 15 is 0 Å². The molecule has 1 atom stereocenters. The second-order valence-electron chi connectivity index (χ2n) is 3.97. The van der Waals surface area contributed by atoms with Crippen molar-refractivity contribution in [1.29, 1.82) is 0 Å². The van der Waals surface area contributed by atoms with Crippen LogP contribution < -0.4 is 5.32 Å². The molecule has 0 radical (unpaired) electrons. The van der Waals surface area contributed by atoms with E-state index in [0.717, 1.165) is 12.4 Å². The van der Waals surface area contributed by atoms with Gasteiger partial charge in [-0.15, -0.1) is 10.2 Å². The van der Waals surface area contributed by atoms with Gasteiger partial charge in [0.2, 0.25) is 0 Å². The highest BCUT2D eigenvalue weighted by molar-refractivity contribution is 5.73. The minimum atomic E-state index is -0.836. The number of hydrogen-bond acceptors (Lipinski definition) is 4. The Morgan fingerprint density at radius 1 is 1.62 bits per heavy atom. The van der Waals surface area contributed by atoms with Crippen LogP contribution in [0.2, 0.25) is 0 Å². The van der Waals surface area contributed by atoms with Gasteiger partial charge in [0.15, 0.2) is 0 Å². The first kappa shape index (κ1) is 12.6. The molecule has 1 heterocycles. The van der Waals surface area contributed by atoms with Gasteiger partial charge in [-0.05, 0) is 12.8 Å². The summed E-state index contributed by atoms with van der Waals surface area (Å²) in [4.78, 5) is 10.9. The Hall–Kier alpha value is -1.43. The highest BCUT2D eigenvalue weighted by Crippen LogP contribution is 2.03. The number of hydrogen-bond donors (Lipinski definition) is 2. The van der Waals surface area contributed by atoms with Gasteiger partial charge in [-0.1, -0.05) is 13.8 Å². The van der Waals surface area contributed by atoms with E-state index in [0.29, 0.717) is 6.54 Å². The largest absolute Gasteiger partial charge is 0.480 e. The molecule has 0 saturated carbocycles. The lowest BCUT2D eigenvalue weighted by Gasteiger charge is -2.17. The van der Waals surface area contributed by atoms with Crippen LogP contribution in [-0.2, 0) is 17.9 Å². The van der Waals surface area contributed by atoms with E-state index in [1.54, 1.807) is 6.33 Å². The van der Waals surface area contributed by atoms with E-state index in [-0.39, 0.29) is 5.92 Å². The van der Waals surface area contributed by atoms with E-state index in [4.69, 9.17) is 5.11 Å². The summed E-state index contributed by atoms with van der Waals surface area (Å²) in [5.74, 6) is -0.0394. The number of carboxylic acids is 1. The van der Waals surface area contributed by atoms with Crippen molar-refractivity contribution in [2.24, 2.45) is 5.92 Å². The molecule has 0 amide bonds. The molecule has 0 spiro atoms. The smallest absolute Gasteiger partial charge is 0.320 e. The maximum absolute atomic E-state index is 10.9. The van der Waals surface area contributed by atoms with Gasteiger partial charge in [0.05, 0.1) is 6.54 Å². The van der Waals surface area contributed by atoms with Gasteiger partial charge < -0.3 is 9.67 Å². The molecule has 1 unspecified atom stereocenters. The van der Waals surface area contributed by atoms with Crippen molar-refractivity contribution >= 4 is 5.97 Å². The number of carbonyl (C=O) groups is 1. The monoisotopic (exact) mass is 226 g/mol. The summed E-state index contributed by atoms with van der Waals surface area (Å²) in [7, 11) is 0. The molecule has 0 aromatic carbocycles. The van der Waals surface area contributed by atoms with Crippen molar-refractivity contribution in [3.8, 4) is 0 Å². The molecule has 90 valence electrons. The molecule has 6 nitrogen and oxygen atoms in total. The fourth-order valence-corrected chi connectivity index (χ4v) is 1.49. The number of nitrogens with zero attached hydrogens (tertiary/aromatic N) is 3. The molecule has 0 saturated heterocycles. The highest BCUT2D eigenvalue weighted by Gasteiger charge is 2.21. The SMILES string of the molecule is CCn1cnnc1CNC(C(=O)O)C(C)C. The number of nitrogens with one attached hydrogen (secondary N) is 1. The summed E-state index contributed by atoms with van der Waals surface area (Å²) >= 11 is 0. The number of carboxylic acid groups (broad SMARTS) is 1. The Bertz CT molecular complexity index is 348. The first-order chi connectivity index (χ1) is 7.56. The van der Waals surface area contributed by atoms with Crippen molar-refractivity contribution in [2.45, 2.75) is 39.9 Å². The summed E-state index contributed by atoms with van der Waals surface area (Å²) in [6, 6.07) is -0.554. The lowest BCUT2D eigenvalue weighted by Crippen LogP contribution is -2.40. The molecule has 2 N–H and O–H groups in total. The lowest BCUT2D eigenvalue weighted by atomic mass is 10.1. The molecular weight excluding hydrogens is 208 g/mol. The Kier molecular flexibility index (Phi) is 4.42. The van der Waals surface area contributed by atoms with Gasteiger partial charge in [-0.25, -0.2) is 0 Å². The van der Waals surface area contributed by atoms with Gasteiger partial charge in [0, 0.05) is 6.54 Å². The Labute approximate surface area is 94.7 Å². The first-order valence-electron chi connectivity index (χ1n) is 5.39. The minimum Gasteiger partial charge on any atom is -0.480 e. The lowest BCUT2D eigenvalue weighted by molar-refractivity contribution is -0.140. The van der Waals surface area contributed by atoms with E-state index in [1.807, 2.05) is 25.3 Å². The zero-order valence-electron chi connectivity index (χ0n) is 9.84. The molecule has 1 aromatic heterocycles. The fourth-order valence-electron chi connectivity index (χ4n) is 1.49. The number of aromatic nitrogens is 3. The molecule has 1 aromatic rings. The summed E-state index contributed by atoms with van der Waals surface area (Å²) < 4.78 is 1.88. The van der Waals surface area contributed by atoms with Gasteiger partial charge in [0.25, 0.3) is 0 Å². The van der Waals surface area contributed by atoms with Crippen LogP contribution in [0.4, 0.5) is 0 Å². The second-order valence-corrected chi connectivity index (χ2v) is 3.97. The zero-order chi connectivity index (χ0) is 12.1. The van der Waals surface area contributed by atoms with Crippen LogP contribution in [-0.4, -0.2) is 31.9 Å². The Morgan fingerprint density at radius 2 is 2.31 bits per heavy atom. The molecule has 6 heteroatoms. The molecule has 0 aliphatic heterocycles. The molecule has 0 bridgehead atoms. The predicted octanol–water partition coefficient (Wildman–Crippen LogP) is 0.497. The predicted molar refractivity (Wildman–Crippen MR) is 58.8 cm³/mol. The fraction of sp³-hybridized carbons (Fsp3) is 0.700. The van der Waals surface area contributed by atoms with Crippen LogP contribution in [0.3, 0.4) is 0 Å². The van der Waals surface area contributed by atoms with Crippen molar-refractivity contribution in [2.75, 3.05) is 0 Å². The van der Waals surface area contributed by atoms with Crippen LogP contribution in [0.1, 0.15) is 26.6 Å². The maximum Gasteiger partial charge on any atom is 0.320 e. The number of aliphatic carboxylic acids is 1. The van der Waals surface area contributed by atoms with Crippen molar-refractivity contribution < 1.29 is 9.90 Å². The van der Waals surface area contributed by atoms with Crippen molar-refractivity contribution in [3.63, 3.8) is 0 Å². The first-order valence-corrected chi connectivity index (χ1v) is 5.39. The number of rotatable bonds is 6. The summed E-state index contributed by atoms with van der Waals surface area (Å²) in [5, 5.41) is 19.7. The average molecular weight is 226 g/mol. The van der Waals surface area contributed by atoms with Gasteiger partial charge in [0.1, 0.15) is 18.2 Å². The normalized spacial score (nSPS) is 13.0. The van der Waals surface area contributed by atoms with Gasteiger partial charge in [-0.2, -0.15) is 0 Å². The molecule has 0 aliphatic rings. The van der Waals surface area contributed by atoms with Crippen LogP contribution in [0.15, 0.2) is 6.33 Å². The third kappa shape index (κ3) is 3.03. The third-order valence-electron chi connectivity index (χ3n) is 2.45. The summed E-state index contributed by atoms with van der Waals surface area (Å²) in [6.45, 7) is 6.93.